The zero-order chi connectivity index (χ0) is 12.3. The van der Waals surface area contributed by atoms with Crippen LogP contribution in [0.25, 0.3) is 15.8 Å². The summed E-state index contributed by atoms with van der Waals surface area (Å²) in [5.74, 6) is 0.819. The van der Waals surface area contributed by atoms with Gasteiger partial charge in [0.25, 0.3) is 0 Å². The highest BCUT2D eigenvalue weighted by Gasteiger charge is 2.01. The van der Waals surface area contributed by atoms with E-state index in [4.69, 9.17) is 16.3 Å². The first-order valence-electron chi connectivity index (χ1n) is 5.14. The number of hydrogen-bond acceptors (Lipinski definition) is 2. The molecule has 0 amide bonds. The molecule has 0 bridgehead atoms. The van der Waals surface area contributed by atoms with E-state index in [-0.39, 0.29) is 0 Å². The minimum atomic E-state index is 0.442. The molecule has 0 fully saturated rings. The van der Waals surface area contributed by atoms with Gasteiger partial charge in [-0.25, -0.2) is 0 Å². The van der Waals surface area contributed by atoms with Gasteiger partial charge in [0, 0.05) is 0 Å². The molecule has 2 aromatic rings. The number of fused-ring (bicyclic) bond motifs is 1. The number of benzene rings is 2. The molecular formula is C14H11ClO2. The molecule has 0 N–H and O–H groups in total. The van der Waals surface area contributed by atoms with Crippen molar-refractivity contribution < 1.29 is 9.53 Å². The molecule has 0 heterocycles. The van der Waals surface area contributed by atoms with E-state index in [1.165, 1.54) is 6.08 Å². The van der Waals surface area contributed by atoms with E-state index in [0.29, 0.717) is 11.3 Å². The molecular weight excluding hydrogens is 236 g/mol. The normalized spacial score (nSPS) is 11.5. The fourth-order valence-corrected chi connectivity index (χ4v) is 1.82. The predicted octanol–water partition coefficient (Wildman–Crippen LogP) is 3.63. The molecule has 0 saturated carbocycles. The number of hydrogen-bond donors (Lipinski definition) is 0. The minimum absolute atomic E-state index is 0.442. The van der Waals surface area contributed by atoms with Crippen molar-refractivity contribution in [2.24, 2.45) is 0 Å². The largest absolute Gasteiger partial charge is 0.497 e. The molecule has 17 heavy (non-hydrogen) atoms. The van der Waals surface area contributed by atoms with Gasteiger partial charge in [-0.15, -0.1) is 0 Å². The molecule has 0 aliphatic carbocycles. The van der Waals surface area contributed by atoms with Gasteiger partial charge in [0.05, 0.1) is 12.1 Å². The summed E-state index contributed by atoms with van der Waals surface area (Å²) in [6, 6.07) is 11.6. The Hall–Kier alpha value is -1.80. The lowest BCUT2D eigenvalue weighted by Gasteiger charge is -2.04. The van der Waals surface area contributed by atoms with E-state index in [9.17, 15) is 4.79 Å². The topological polar surface area (TPSA) is 26.3 Å². The Morgan fingerprint density at radius 3 is 2.59 bits per heavy atom. The molecule has 0 aromatic heterocycles. The Morgan fingerprint density at radius 1 is 1.18 bits per heavy atom. The van der Waals surface area contributed by atoms with E-state index in [1.54, 1.807) is 7.11 Å². The second kappa shape index (κ2) is 5.02. The summed E-state index contributed by atoms with van der Waals surface area (Å²) in [6.07, 6.45) is 2.02. The summed E-state index contributed by atoms with van der Waals surface area (Å²) in [7, 11) is 1.64. The van der Waals surface area contributed by atoms with E-state index in [2.05, 4.69) is 0 Å². The average molecular weight is 247 g/mol. The van der Waals surface area contributed by atoms with Crippen LogP contribution in [0.2, 0.25) is 0 Å². The zero-order valence-corrected chi connectivity index (χ0v) is 10.1. The zero-order valence-electron chi connectivity index (χ0n) is 9.31. The van der Waals surface area contributed by atoms with Crippen LogP contribution in [0.1, 0.15) is 5.56 Å². The average Bonchev–Trinajstić information content (AvgIpc) is 2.37. The molecule has 2 rings (SSSR count). The van der Waals surface area contributed by atoms with Crippen molar-refractivity contribution in [2.75, 3.05) is 7.11 Å². The van der Waals surface area contributed by atoms with Gasteiger partial charge in [-0.2, -0.15) is 0 Å². The third-order valence-corrected chi connectivity index (χ3v) is 2.88. The Labute approximate surface area is 104 Å². The number of halogens is 1. The first-order chi connectivity index (χ1) is 8.24. The van der Waals surface area contributed by atoms with E-state index in [1.807, 2.05) is 36.4 Å². The summed E-state index contributed by atoms with van der Waals surface area (Å²) in [5, 5.41) is 2.57. The van der Waals surface area contributed by atoms with Crippen molar-refractivity contribution in [1.29, 1.82) is 0 Å². The molecule has 0 unspecified atom stereocenters. The number of ether oxygens (including phenoxy) is 1. The third-order valence-electron chi connectivity index (χ3n) is 2.54. The molecule has 0 saturated heterocycles. The first kappa shape index (κ1) is 11.7. The summed E-state index contributed by atoms with van der Waals surface area (Å²) in [5.41, 5.74) is 0.830. The Morgan fingerprint density at radius 2 is 1.88 bits per heavy atom. The molecule has 0 radical (unpaired) electrons. The van der Waals surface area contributed by atoms with Crippen molar-refractivity contribution in [3.63, 3.8) is 0 Å². The Bertz CT molecular complexity index is 588. The highest BCUT2D eigenvalue weighted by Crippen LogP contribution is 2.26. The first-order valence-corrected chi connectivity index (χ1v) is 5.51. The summed E-state index contributed by atoms with van der Waals surface area (Å²) in [6.45, 7) is 0. The SMILES string of the molecule is COc1ccc2cc(/C(Cl)=C/C=O)ccc2c1. The number of aldehydes is 1. The van der Waals surface area contributed by atoms with Crippen LogP contribution < -0.4 is 4.74 Å². The van der Waals surface area contributed by atoms with Crippen LogP contribution in [0.4, 0.5) is 0 Å². The summed E-state index contributed by atoms with van der Waals surface area (Å²) in [4.78, 5) is 10.4. The van der Waals surface area contributed by atoms with Gasteiger partial charge in [0.15, 0.2) is 0 Å². The second-order valence-electron chi connectivity index (χ2n) is 3.58. The van der Waals surface area contributed by atoms with Crippen LogP contribution in [0.3, 0.4) is 0 Å². The second-order valence-corrected chi connectivity index (χ2v) is 3.99. The fourth-order valence-electron chi connectivity index (χ4n) is 1.66. The standard InChI is InChI=1S/C14H11ClO2/c1-17-13-5-4-10-8-12(14(15)6-7-16)3-2-11(10)9-13/h2-9H,1H3/b14-6-. The van der Waals surface area contributed by atoms with Crippen LogP contribution in [0.5, 0.6) is 5.75 Å². The Kier molecular flexibility index (Phi) is 3.45. The monoisotopic (exact) mass is 246 g/mol. The van der Waals surface area contributed by atoms with Crippen molar-refractivity contribution in [3.8, 4) is 5.75 Å². The van der Waals surface area contributed by atoms with Crippen LogP contribution in [0.15, 0.2) is 42.5 Å². The molecule has 0 aliphatic rings. The highest BCUT2D eigenvalue weighted by molar-refractivity contribution is 6.49. The van der Waals surface area contributed by atoms with Crippen LogP contribution in [-0.4, -0.2) is 13.4 Å². The van der Waals surface area contributed by atoms with Gasteiger partial charge in [-0.3, -0.25) is 4.79 Å². The molecule has 2 nitrogen and oxygen atoms in total. The molecule has 86 valence electrons. The van der Waals surface area contributed by atoms with E-state index < -0.39 is 0 Å². The van der Waals surface area contributed by atoms with Crippen LogP contribution in [-0.2, 0) is 4.79 Å². The van der Waals surface area contributed by atoms with Gasteiger partial charge < -0.3 is 4.74 Å². The third kappa shape index (κ3) is 2.48. The summed E-state index contributed by atoms with van der Waals surface area (Å²) < 4.78 is 5.15. The molecule has 2 aromatic carbocycles. The van der Waals surface area contributed by atoms with Gasteiger partial charge in [-0.1, -0.05) is 29.8 Å². The highest BCUT2D eigenvalue weighted by atomic mass is 35.5. The van der Waals surface area contributed by atoms with E-state index in [0.717, 1.165) is 22.1 Å². The van der Waals surface area contributed by atoms with Crippen LogP contribution >= 0.6 is 11.6 Å². The van der Waals surface area contributed by atoms with Crippen molar-refractivity contribution >= 4 is 33.7 Å². The quantitative estimate of drug-likeness (QED) is 0.611. The molecule has 0 atom stereocenters. The molecule has 0 aliphatic heterocycles. The van der Waals surface area contributed by atoms with Crippen molar-refractivity contribution in [2.45, 2.75) is 0 Å². The lowest BCUT2D eigenvalue weighted by atomic mass is 10.1. The lowest BCUT2D eigenvalue weighted by molar-refractivity contribution is -0.104. The van der Waals surface area contributed by atoms with Crippen molar-refractivity contribution in [3.05, 3.63) is 48.0 Å². The molecule has 0 spiro atoms. The minimum Gasteiger partial charge on any atom is -0.497 e. The maximum atomic E-state index is 10.4. The fraction of sp³-hybridized carbons (Fsp3) is 0.0714. The van der Waals surface area contributed by atoms with Gasteiger partial charge >= 0.3 is 0 Å². The van der Waals surface area contributed by atoms with Gasteiger partial charge in [-0.05, 0) is 40.6 Å². The van der Waals surface area contributed by atoms with Crippen LogP contribution in [0, 0.1) is 0 Å². The smallest absolute Gasteiger partial charge is 0.144 e. The number of methoxy groups -OCH3 is 1. The number of rotatable bonds is 3. The number of allylic oxidation sites excluding steroid dienone is 1. The maximum absolute atomic E-state index is 10.4. The van der Waals surface area contributed by atoms with Gasteiger partial charge in [0.1, 0.15) is 12.0 Å². The Balaban J connectivity index is 2.52. The van der Waals surface area contributed by atoms with Crippen molar-refractivity contribution in [1.82, 2.24) is 0 Å². The number of carbonyl (C=O) groups excluding carboxylic acids is 1. The number of carbonyl (C=O) groups is 1. The molecule has 3 heteroatoms. The lowest BCUT2D eigenvalue weighted by Crippen LogP contribution is -1.84. The maximum Gasteiger partial charge on any atom is 0.144 e. The predicted molar refractivity (Wildman–Crippen MR) is 70.4 cm³/mol. The van der Waals surface area contributed by atoms with E-state index >= 15 is 0 Å². The summed E-state index contributed by atoms with van der Waals surface area (Å²) >= 11 is 5.97. The van der Waals surface area contributed by atoms with Gasteiger partial charge in [0.2, 0.25) is 0 Å².